The molecule has 0 aromatic carbocycles. The second kappa shape index (κ2) is 12.3. The quantitative estimate of drug-likeness (QED) is 0.399. The summed E-state index contributed by atoms with van der Waals surface area (Å²) in [5.74, 6) is -0.623. The monoisotopic (exact) mass is 679 g/mol. The zero-order valence-electron chi connectivity index (χ0n) is 28.7. The highest BCUT2D eigenvalue weighted by atomic mass is 32.1. The van der Waals surface area contributed by atoms with Gasteiger partial charge in [-0.2, -0.15) is 22.7 Å². The van der Waals surface area contributed by atoms with Crippen LogP contribution >= 0.6 is 11.3 Å². The molecule has 6 heterocycles. The molecule has 1 N–H and O–H groups in total. The summed E-state index contributed by atoms with van der Waals surface area (Å²) in [5.41, 5.74) is -0.633. The number of hydrogen-bond donors (Lipinski definition) is 1. The summed E-state index contributed by atoms with van der Waals surface area (Å²) >= 11 is 0.790. The average Bonchev–Trinajstić information content (AvgIpc) is 3.66. The van der Waals surface area contributed by atoms with Crippen molar-refractivity contribution < 1.29 is 35.0 Å². The van der Waals surface area contributed by atoms with E-state index in [1.165, 1.54) is 6.92 Å². The highest BCUT2D eigenvalue weighted by Gasteiger charge is 2.41. The molecular weight excluding hydrogens is 639 g/mol. The molecule has 3 aliphatic heterocycles. The number of carbonyl (C=O) groups is 2. The fourth-order valence-electron chi connectivity index (χ4n) is 6.23. The van der Waals surface area contributed by atoms with Crippen molar-refractivity contribution in [1.82, 2.24) is 24.1 Å². The number of rotatable bonds is 4. The van der Waals surface area contributed by atoms with Crippen molar-refractivity contribution in [2.45, 2.75) is 77.6 Å². The van der Waals surface area contributed by atoms with Gasteiger partial charge < -0.3 is 24.6 Å². The molecule has 2 atom stereocenters. The normalized spacial score (nSPS) is 22.3. The Balaban J connectivity index is 1.41. The number of allylic oxidation sites excluding steroid dienone is 1. The van der Waals surface area contributed by atoms with Crippen LogP contribution in [0.4, 0.5) is 28.7 Å². The Morgan fingerprint density at radius 1 is 1.19 bits per heavy atom. The summed E-state index contributed by atoms with van der Waals surface area (Å²) in [7, 11) is 0. The minimum Gasteiger partial charge on any atom is -0.444 e. The fourth-order valence-corrected chi connectivity index (χ4v) is 7.23. The third-order valence-electron chi connectivity index (χ3n) is 8.49. The maximum atomic E-state index is 14.3. The van der Waals surface area contributed by atoms with E-state index in [9.17, 15) is 27.6 Å². The number of aromatic nitrogens is 4. The molecule has 3 aliphatic rings. The Hall–Kier alpha value is -3.92. The predicted molar refractivity (Wildman–Crippen MR) is 170 cm³/mol. The highest BCUT2D eigenvalue weighted by Crippen LogP contribution is 2.43. The number of hydrogen-bond acceptors (Lipinski definition) is 9. The van der Waals surface area contributed by atoms with Gasteiger partial charge in [0.05, 0.1) is 25.6 Å². The van der Waals surface area contributed by atoms with Crippen LogP contribution in [0.3, 0.4) is 0 Å². The lowest BCUT2D eigenvalue weighted by Crippen LogP contribution is -2.51. The van der Waals surface area contributed by atoms with Gasteiger partial charge in [0, 0.05) is 44.0 Å². The van der Waals surface area contributed by atoms with Crippen molar-refractivity contribution in [3.63, 3.8) is 0 Å². The SMILES string of the molecule is [2H]C1([2H])CCC(c2nc3n4c(c(N5CCN(C(=O)OC(C)(C)C)CC5)c(=O)n3n2)C(C)CC4C(=O)Nc2scc(C(F)(F)F)c2C)=CCO1. The Kier molecular flexibility index (Phi) is 7.94. The van der Waals surface area contributed by atoms with Crippen molar-refractivity contribution in [3.05, 3.63) is 44.5 Å². The number of amides is 2. The molecule has 12 nitrogen and oxygen atoms in total. The van der Waals surface area contributed by atoms with Gasteiger partial charge >= 0.3 is 12.3 Å². The van der Waals surface area contributed by atoms with E-state index < -0.39 is 47.5 Å². The first-order chi connectivity index (χ1) is 22.8. The summed E-state index contributed by atoms with van der Waals surface area (Å²) in [5, 5.41) is 8.29. The van der Waals surface area contributed by atoms with E-state index in [0.717, 1.165) is 21.2 Å². The average molecular weight is 680 g/mol. The van der Waals surface area contributed by atoms with Crippen LogP contribution in [-0.4, -0.2) is 81.0 Å². The molecule has 16 heteroatoms. The number of carbonyl (C=O) groups excluding carboxylic acids is 2. The number of thiophene rings is 1. The second-order valence-corrected chi connectivity index (χ2v) is 13.8. The zero-order chi connectivity index (χ0) is 35.6. The molecular formula is C31H38F3N7O5S. The smallest absolute Gasteiger partial charge is 0.417 e. The van der Waals surface area contributed by atoms with Crippen molar-refractivity contribution in [1.29, 1.82) is 0 Å². The zero-order valence-corrected chi connectivity index (χ0v) is 27.5. The topological polar surface area (TPSA) is 123 Å². The third-order valence-corrected chi connectivity index (χ3v) is 9.49. The molecule has 3 aromatic rings. The lowest BCUT2D eigenvalue weighted by atomic mass is 10.0. The molecule has 0 radical (unpaired) electrons. The molecule has 0 spiro atoms. The van der Waals surface area contributed by atoms with E-state index in [-0.39, 0.29) is 67.0 Å². The van der Waals surface area contributed by atoms with Crippen molar-refractivity contribution in [2.24, 2.45) is 0 Å². The summed E-state index contributed by atoms with van der Waals surface area (Å²) in [6.07, 6.45) is -2.84. The van der Waals surface area contributed by atoms with Crippen LogP contribution in [0.2, 0.25) is 0 Å². The van der Waals surface area contributed by atoms with Crippen LogP contribution in [0.15, 0.2) is 16.3 Å². The van der Waals surface area contributed by atoms with Gasteiger partial charge in [-0.05, 0) is 58.1 Å². The minimum atomic E-state index is -4.57. The number of anilines is 2. The lowest BCUT2D eigenvalue weighted by molar-refractivity contribution is -0.137. The predicted octanol–water partition coefficient (Wildman–Crippen LogP) is 5.22. The van der Waals surface area contributed by atoms with Crippen LogP contribution in [-0.2, 0) is 20.4 Å². The molecule has 2 unspecified atom stereocenters. The van der Waals surface area contributed by atoms with Crippen LogP contribution < -0.4 is 15.8 Å². The first kappa shape index (κ1) is 30.4. The molecule has 0 aliphatic carbocycles. The Morgan fingerprint density at radius 2 is 1.91 bits per heavy atom. The fraction of sp³-hybridized carbons (Fsp3) is 0.581. The summed E-state index contributed by atoms with van der Waals surface area (Å²) < 4.78 is 70.1. The molecule has 47 heavy (non-hydrogen) atoms. The number of nitrogens with one attached hydrogen (secondary N) is 1. The van der Waals surface area contributed by atoms with E-state index in [4.69, 9.17) is 17.2 Å². The van der Waals surface area contributed by atoms with E-state index in [1.54, 1.807) is 36.3 Å². The van der Waals surface area contributed by atoms with E-state index >= 15 is 0 Å². The second-order valence-electron chi connectivity index (χ2n) is 12.9. The number of halogens is 3. The molecule has 6 rings (SSSR count). The molecule has 3 aromatic heterocycles. The van der Waals surface area contributed by atoms with Crippen molar-refractivity contribution >= 4 is 45.4 Å². The standard InChI is InChI=1S/C31H38F3N7O5S/c1-17-15-21(25(42)36-26-18(2)20(16-47-26)31(32,33)34)40-22(17)23(38-9-11-39(12-10-38)29(44)46-30(3,4)5)27(43)41-28(40)35-24(37-41)19-7-6-13-45-14-8-19/h8,16-17,21H,6-7,9-15H2,1-5H3,(H,36,42)/i13D2. The lowest BCUT2D eigenvalue weighted by Gasteiger charge is -2.37. The summed E-state index contributed by atoms with van der Waals surface area (Å²) in [4.78, 5) is 49.1. The van der Waals surface area contributed by atoms with Gasteiger partial charge in [-0.1, -0.05) is 13.0 Å². The van der Waals surface area contributed by atoms with Crippen LogP contribution in [0.5, 0.6) is 0 Å². The van der Waals surface area contributed by atoms with E-state index in [0.29, 0.717) is 30.0 Å². The Morgan fingerprint density at radius 3 is 2.57 bits per heavy atom. The minimum absolute atomic E-state index is 0.0251. The highest BCUT2D eigenvalue weighted by molar-refractivity contribution is 7.14. The van der Waals surface area contributed by atoms with Gasteiger partial charge in [-0.25, -0.2) is 4.79 Å². The summed E-state index contributed by atoms with van der Waals surface area (Å²) in [6, 6.07) is -0.941. The van der Waals surface area contributed by atoms with Gasteiger partial charge in [0.15, 0.2) is 5.82 Å². The van der Waals surface area contributed by atoms with Crippen LogP contribution in [0.25, 0.3) is 11.4 Å². The first-order valence-electron chi connectivity index (χ1n) is 16.4. The maximum Gasteiger partial charge on any atom is 0.417 e. The Bertz CT molecular complexity index is 1890. The van der Waals surface area contributed by atoms with Crippen molar-refractivity contribution in [3.8, 4) is 0 Å². The van der Waals surface area contributed by atoms with Crippen LogP contribution in [0, 0.1) is 6.92 Å². The molecule has 1 saturated heterocycles. The Labute approximate surface area is 275 Å². The molecule has 0 bridgehead atoms. The number of fused-ring (bicyclic) bond motifs is 3. The first-order valence-corrected chi connectivity index (χ1v) is 16.3. The van der Waals surface area contributed by atoms with Gasteiger partial charge in [-0.3, -0.25) is 14.2 Å². The van der Waals surface area contributed by atoms with Gasteiger partial charge in [-0.15, -0.1) is 16.4 Å². The molecule has 254 valence electrons. The molecule has 1 fully saturated rings. The number of nitrogens with zero attached hydrogens (tertiary/aromatic N) is 6. The van der Waals surface area contributed by atoms with Gasteiger partial charge in [0.25, 0.3) is 5.56 Å². The largest absolute Gasteiger partial charge is 0.444 e. The molecule has 0 saturated carbocycles. The van der Waals surface area contributed by atoms with Crippen molar-refractivity contribution in [2.75, 3.05) is 49.6 Å². The summed E-state index contributed by atoms with van der Waals surface area (Å²) in [6.45, 7) is 7.80. The molecule has 2 amide bonds. The van der Waals surface area contributed by atoms with Crippen LogP contribution in [0.1, 0.15) is 84.3 Å². The number of alkyl halides is 3. The maximum absolute atomic E-state index is 14.3. The number of ether oxygens (including phenoxy) is 2. The number of piperazine rings is 1. The van der Waals surface area contributed by atoms with Gasteiger partial charge in [0.2, 0.25) is 11.7 Å². The third kappa shape index (κ3) is 6.36. The van der Waals surface area contributed by atoms with E-state index in [1.807, 2.05) is 11.8 Å². The van der Waals surface area contributed by atoms with Gasteiger partial charge in [0.1, 0.15) is 17.3 Å². The van der Waals surface area contributed by atoms with E-state index in [2.05, 4.69) is 10.4 Å².